The SMILES string of the molecule is Cc1ncsc1-c1ccc([C@H](C)NC(=O)[C@@H]2CCCN2C(=O)[C@@H](NC(=O)CCCCCCCCCCC(=O)N2CCC(c3cc(Nc4cc(C#N)ccn4)nc(N4CCC(F)(F)C4)c3)CC2)C(C)(C)C)cc1. The van der Waals surface area contributed by atoms with E-state index in [1.165, 1.54) is 6.20 Å². The highest BCUT2D eigenvalue weighted by Gasteiger charge is 2.42. The van der Waals surface area contributed by atoms with Crippen molar-refractivity contribution in [1.29, 1.82) is 5.26 Å². The van der Waals surface area contributed by atoms with Gasteiger partial charge in [-0.15, -0.1) is 11.3 Å². The van der Waals surface area contributed by atoms with Crippen LogP contribution in [0.1, 0.15) is 158 Å². The van der Waals surface area contributed by atoms with Crippen molar-refractivity contribution < 1.29 is 28.0 Å². The average molecular weight is 1010 g/mol. The Morgan fingerprint density at radius 2 is 1.56 bits per heavy atom. The molecule has 4 aromatic rings. The van der Waals surface area contributed by atoms with Gasteiger partial charge in [-0.25, -0.2) is 23.7 Å². The third-order valence-electron chi connectivity index (χ3n) is 14.4. The number of halogens is 2. The summed E-state index contributed by atoms with van der Waals surface area (Å²) in [5.41, 5.74) is 5.76. The van der Waals surface area contributed by atoms with Crippen molar-refractivity contribution in [3.05, 3.63) is 82.6 Å². The molecule has 3 saturated heterocycles. The van der Waals surface area contributed by atoms with Crippen LogP contribution in [-0.2, 0) is 19.2 Å². The molecule has 3 aliphatic heterocycles. The molecule has 3 N–H and O–H groups in total. The lowest BCUT2D eigenvalue weighted by atomic mass is 9.85. The van der Waals surface area contributed by atoms with Crippen LogP contribution >= 0.6 is 11.3 Å². The number of pyridine rings is 2. The number of hydrogen-bond donors (Lipinski definition) is 3. The van der Waals surface area contributed by atoms with Crippen molar-refractivity contribution >= 4 is 52.4 Å². The third kappa shape index (κ3) is 14.6. The first-order valence-corrected chi connectivity index (χ1v) is 26.8. The first-order valence-electron chi connectivity index (χ1n) is 25.9. The second-order valence-electron chi connectivity index (χ2n) is 21.0. The number of anilines is 3. The molecular weight excluding hydrogens is 935 g/mol. The summed E-state index contributed by atoms with van der Waals surface area (Å²) in [7, 11) is 0. The molecule has 3 fully saturated rings. The van der Waals surface area contributed by atoms with Gasteiger partial charge < -0.3 is 30.7 Å². The second kappa shape index (κ2) is 24.6. The number of hydrogen-bond acceptors (Lipinski definition) is 11. The molecule has 0 saturated carbocycles. The number of nitrogens with one attached hydrogen (secondary N) is 3. The van der Waals surface area contributed by atoms with Gasteiger partial charge in [0.05, 0.1) is 40.3 Å². The standard InChI is InChI=1S/C55H72F2N10O4S/c1-37(40-18-20-42(21-19-40)50-38(2)60-36-72-50)61-52(70)44-15-14-27-67(44)53(71)51(54(3,4)5)64-48(68)16-12-10-8-6-7-9-11-13-17-49(69)65-28-23-41(24-29-65)43-32-46(62-45-31-39(34-58)22-26-59-45)63-47(33-43)66-30-25-55(56,57)35-66/h18-22,26,31-33,36-37,41,44,51H,6-17,23-25,27-30,35H2,1-5H3,(H,61,70)(H,64,68)(H,59,62,63)/t37-,44-,51+/m0/s1. The van der Waals surface area contributed by atoms with Crippen molar-refractivity contribution in [3.63, 3.8) is 0 Å². The normalized spacial score (nSPS) is 17.9. The number of piperidine rings is 1. The largest absolute Gasteiger partial charge is 0.350 e. The zero-order valence-electron chi connectivity index (χ0n) is 42.7. The number of nitriles is 1. The number of benzene rings is 1. The lowest BCUT2D eigenvalue weighted by Gasteiger charge is -2.35. The first kappa shape index (κ1) is 53.8. The molecule has 0 aliphatic carbocycles. The maximum absolute atomic E-state index is 14.2. The summed E-state index contributed by atoms with van der Waals surface area (Å²) in [6.07, 6.45) is 12.6. The van der Waals surface area contributed by atoms with Crippen LogP contribution in [0.25, 0.3) is 10.4 Å². The minimum absolute atomic E-state index is 0.135. The van der Waals surface area contributed by atoms with Crippen molar-refractivity contribution in [3.8, 4) is 16.5 Å². The number of thiazole rings is 1. The minimum atomic E-state index is -2.77. The van der Waals surface area contributed by atoms with Gasteiger partial charge >= 0.3 is 0 Å². The number of carbonyl (C=O) groups is 4. The van der Waals surface area contributed by atoms with Gasteiger partial charge in [-0.3, -0.25) is 19.2 Å². The molecule has 72 heavy (non-hydrogen) atoms. The van der Waals surface area contributed by atoms with Gasteiger partial charge in [0, 0.05) is 51.6 Å². The van der Waals surface area contributed by atoms with E-state index >= 15 is 0 Å². The number of likely N-dealkylation sites (tertiary alicyclic amines) is 2. The highest BCUT2D eigenvalue weighted by Crippen LogP contribution is 2.36. The number of alkyl halides is 2. The molecule has 0 radical (unpaired) electrons. The summed E-state index contributed by atoms with van der Waals surface area (Å²) >= 11 is 1.60. The quantitative estimate of drug-likeness (QED) is 0.0681. The number of unbranched alkanes of at least 4 members (excludes halogenated alkanes) is 7. The first-order chi connectivity index (χ1) is 34.5. The zero-order chi connectivity index (χ0) is 51.4. The van der Waals surface area contributed by atoms with E-state index in [0.717, 1.165) is 97.9 Å². The summed E-state index contributed by atoms with van der Waals surface area (Å²) in [6.45, 7) is 11.3. The minimum Gasteiger partial charge on any atom is -0.350 e. The lowest BCUT2D eigenvalue weighted by Crippen LogP contribution is -2.57. The molecule has 1 aromatic carbocycles. The van der Waals surface area contributed by atoms with Gasteiger partial charge in [0.15, 0.2) is 0 Å². The molecule has 14 nitrogen and oxygen atoms in total. The molecule has 386 valence electrons. The fourth-order valence-electron chi connectivity index (χ4n) is 10.1. The van der Waals surface area contributed by atoms with E-state index in [1.54, 1.807) is 33.3 Å². The van der Waals surface area contributed by atoms with Crippen LogP contribution in [0, 0.1) is 23.7 Å². The summed E-state index contributed by atoms with van der Waals surface area (Å²) in [5.74, 6) is -1.62. The Balaban J connectivity index is 0.771. The summed E-state index contributed by atoms with van der Waals surface area (Å²) < 4.78 is 28.4. The van der Waals surface area contributed by atoms with E-state index in [-0.39, 0.29) is 55.1 Å². The number of aromatic nitrogens is 3. The molecule has 4 amide bonds. The van der Waals surface area contributed by atoms with Crippen LogP contribution in [-0.4, -0.2) is 99.1 Å². The summed E-state index contributed by atoms with van der Waals surface area (Å²) in [4.78, 5) is 73.8. The Hall–Kier alpha value is -6.02. The van der Waals surface area contributed by atoms with Crippen LogP contribution in [0.2, 0.25) is 0 Å². The van der Waals surface area contributed by atoms with E-state index in [4.69, 9.17) is 0 Å². The van der Waals surface area contributed by atoms with Crippen LogP contribution in [0.4, 0.5) is 26.2 Å². The molecular formula is C55H72F2N10O4S. The smallest absolute Gasteiger partial charge is 0.266 e. The van der Waals surface area contributed by atoms with E-state index in [9.17, 15) is 33.2 Å². The van der Waals surface area contributed by atoms with E-state index in [1.807, 2.05) is 81.4 Å². The lowest BCUT2D eigenvalue weighted by molar-refractivity contribution is -0.144. The van der Waals surface area contributed by atoms with Crippen LogP contribution in [0.15, 0.2) is 60.2 Å². The van der Waals surface area contributed by atoms with Crippen molar-refractivity contribution in [1.82, 2.24) is 35.4 Å². The van der Waals surface area contributed by atoms with Gasteiger partial charge in [-0.05, 0) is 105 Å². The Labute approximate surface area is 427 Å². The topological polar surface area (TPSA) is 177 Å². The highest BCUT2D eigenvalue weighted by molar-refractivity contribution is 7.13. The van der Waals surface area contributed by atoms with E-state index < -0.39 is 23.4 Å². The van der Waals surface area contributed by atoms with Gasteiger partial charge in [-0.2, -0.15) is 5.26 Å². The maximum Gasteiger partial charge on any atom is 0.266 e. The number of nitrogens with zero attached hydrogens (tertiary/aromatic N) is 7. The van der Waals surface area contributed by atoms with Crippen molar-refractivity contribution in [2.24, 2.45) is 5.41 Å². The average Bonchev–Trinajstić information content (AvgIpc) is 4.13. The Morgan fingerprint density at radius 1 is 0.861 bits per heavy atom. The summed E-state index contributed by atoms with van der Waals surface area (Å²) in [6, 6.07) is 15.7. The molecule has 3 atom stereocenters. The fraction of sp³-hybridized carbons (Fsp3) is 0.564. The number of amides is 4. The Kier molecular flexibility index (Phi) is 18.4. The van der Waals surface area contributed by atoms with Crippen LogP contribution in [0.3, 0.4) is 0 Å². The molecule has 17 heteroatoms. The predicted octanol–water partition coefficient (Wildman–Crippen LogP) is 10.4. The third-order valence-corrected chi connectivity index (χ3v) is 15.3. The van der Waals surface area contributed by atoms with Gasteiger partial charge in [0.1, 0.15) is 29.5 Å². The molecule has 0 bridgehead atoms. The number of rotatable bonds is 21. The maximum atomic E-state index is 14.2. The Bertz CT molecular complexity index is 2530. The van der Waals surface area contributed by atoms with Gasteiger partial charge in [0.25, 0.3) is 5.92 Å². The van der Waals surface area contributed by atoms with Crippen LogP contribution < -0.4 is 20.9 Å². The molecule has 6 heterocycles. The molecule has 7 rings (SSSR count). The van der Waals surface area contributed by atoms with Gasteiger partial charge in [-0.1, -0.05) is 83.6 Å². The molecule has 3 aliphatic rings. The Morgan fingerprint density at radius 3 is 2.19 bits per heavy atom. The van der Waals surface area contributed by atoms with Crippen molar-refractivity contribution in [2.75, 3.05) is 42.9 Å². The predicted molar refractivity (Wildman–Crippen MR) is 278 cm³/mol. The summed E-state index contributed by atoms with van der Waals surface area (Å²) in [5, 5.41) is 18.7. The number of aryl methyl sites for hydroxylation is 1. The van der Waals surface area contributed by atoms with Crippen molar-refractivity contribution in [2.45, 2.75) is 161 Å². The second-order valence-corrected chi connectivity index (χ2v) is 21.9. The number of carbonyl (C=O) groups excluding carboxylic acids is 4. The molecule has 0 unspecified atom stereocenters. The van der Waals surface area contributed by atoms with Gasteiger partial charge in [0.2, 0.25) is 23.6 Å². The monoisotopic (exact) mass is 1010 g/mol. The highest BCUT2D eigenvalue weighted by atomic mass is 32.1. The fourth-order valence-corrected chi connectivity index (χ4v) is 10.9. The van der Waals surface area contributed by atoms with E-state index in [0.29, 0.717) is 61.9 Å². The zero-order valence-corrected chi connectivity index (χ0v) is 43.5. The molecule has 0 spiro atoms. The van der Waals surface area contributed by atoms with E-state index in [2.05, 4.69) is 37.0 Å². The molecule has 3 aromatic heterocycles. The van der Waals surface area contributed by atoms with Crippen LogP contribution in [0.5, 0.6) is 0 Å².